The van der Waals surface area contributed by atoms with Gasteiger partial charge in [-0.2, -0.15) is 13.2 Å². The number of benzene rings is 1. The van der Waals surface area contributed by atoms with Gasteiger partial charge in [0.15, 0.2) is 0 Å². The lowest BCUT2D eigenvalue weighted by Gasteiger charge is -2.32. The number of piperidine rings is 1. The van der Waals surface area contributed by atoms with Crippen LogP contribution in [0.15, 0.2) is 49.3 Å². The molecular weight excluding hydrogens is 416 g/mol. The molecule has 0 bridgehead atoms. The van der Waals surface area contributed by atoms with Crippen molar-refractivity contribution in [1.29, 1.82) is 0 Å². The van der Waals surface area contributed by atoms with Gasteiger partial charge in [-0.3, -0.25) is 9.36 Å². The number of imidazole rings is 1. The molecule has 0 radical (unpaired) electrons. The Hall–Kier alpha value is -3.50. The summed E-state index contributed by atoms with van der Waals surface area (Å²) in [7, 11) is 0. The van der Waals surface area contributed by atoms with Crippen LogP contribution in [0.3, 0.4) is 0 Å². The number of amides is 1. The molecule has 1 N–H and O–H groups in total. The number of rotatable bonds is 4. The molecule has 0 atom stereocenters. The van der Waals surface area contributed by atoms with E-state index in [4.69, 9.17) is 0 Å². The minimum atomic E-state index is -4.83. The minimum absolute atomic E-state index is 0.0815. The first-order chi connectivity index (χ1) is 14.8. The fraction of sp³-hybridized carbons (Fsp3) is 0.300. The SMILES string of the molecule is O=C(Nc1ccc(F)c(C(F)(F)F)c1)C1CCN(c2cc(-n3ccnc3)ncn2)CC1. The summed E-state index contributed by atoms with van der Waals surface area (Å²) in [5.41, 5.74) is -1.49. The van der Waals surface area contributed by atoms with Crippen LogP contribution in [0.1, 0.15) is 18.4 Å². The molecule has 4 rings (SSSR count). The number of hydrogen-bond donors (Lipinski definition) is 1. The molecule has 162 valence electrons. The molecule has 0 spiro atoms. The number of halogens is 4. The van der Waals surface area contributed by atoms with E-state index >= 15 is 0 Å². The predicted molar refractivity (Wildman–Crippen MR) is 104 cm³/mol. The third-order valence-corrected chi connectivity index (χ3v) is 5.14. The van der Waals surface area contributed by atoms with Crippen LogP contribution < -0.4 is 10.2 Å². The summed E-state index contributed by atoms with van der Waals surface area (Å²) in [6, 6.07) is 4.25. The Bertz CT molecular complexity index is 1060. The molecule has 1 aromatic carbocycles. The summed E-state index contributed by atoms with van der Waals surface area (Å²) in [5.74, 6) is -0.754. The summed E-state index contributed by atoms with van der Waals surface area (Å²) in [6.07, 6.45) is 2.67. The van der Waals surface area contributed by atoms with Crippen molar-refractivity contribution < 1.29 is 22.4 Å². The van der Waals surface area contributed by atoms with Crippen molar-refractivity contribution in [1.82, 2.24) is 19.5 Å². The highest BCUT2D eigenvalue weighted by molar-refractivity contribution is 5.92. The zero-order valence-electron chi connectivity index (χ0n) is 16.2. The van der Waals surface area contributed by atoms with Crippen LogP contribution in [-0.2, 0) is 11.0 Å². The Morgan fingerprint density at radius 3 is 2.52 bits per heavy atom. The molecule has 0 saturated carbocycles. The fourth-order valence-electron chi connectivity index (χ4n) is 3.48. The number of aromatic nitrogens is 4. The van der Waals surface area contributed by atoms with Crippen molar-refractivity contribution in [2.45, 2.75) is 19.0 Å². The van der Waals surface area contributed by atoms with Gasteiger partial charge in [0.1, 0.15) is 30.1 Å². The van der Waals surface area contributed by atoms with Crippen molar-refractivity contribution in [2.75, 3.05) is 23.3 Å². The van der Waals surface area contributed by atoms with Crippen molar-refractivity contribution in [3.63, 3.8) is 0 Å². The number of alkyl halides is 3. The van der Waals surface area contributed by atoms with E-state index in [0.29, 0.717) is 49.7 Å². The lowest BCUT2D eigenvalue weighted by Crippen LogP contribution is -2.38. The van der Waals surface area contributed by atoms with Gasteiger partial charge >= 0.3 is 6.18 Å². The van der Waals surface area contributed by atoms with Crippen molar-refractivity contribution in [3.05, 3.63) is 60.7 Å². The largest absolute Gasteiger partial charge is 0.419 e. The molecule has 0 unspecified atom stereocenters. The highest BCUT2D eigenvalue weighted by atomic mass is 19.4. The summed E-state index contributed by atoms with van der Waals surface area (Å²) < 4.78 is 53.8. The summed E-state index contributed by atoms with van der Waals surface area (Å²) >= 11 is 0. The Kier molecular flexibility index (Phi) is 5.57. The highest BCUT2D eigenvalue weighted by Gasteiger charge is 2.34. The van der Waals surface area contributed by atoms with Gasteiger partial charge in [-0.25, -0.2) is 19.3 Å². The van der Waals surface area contributed by atoms with Gasteiger partial charge in [0.25, 0.3) is 0 Å². The monoisotopic (exact) mass is 434 g/mol. The Morgan fingerprint density at radius 1 is 1.10 bits per heavy atom. The average Bonchev–Trinajstić information content (AvgIpc) is 3.29. The second-order valence-corrected chi connectivity index (χ2v) is 7.15. The van der Waals surface area contributed by atoms with E-state index in [9.17, 15) is 22.4 Å². The maximum absolute atomic E-state index is 13.4. The molecular formula is C20H18F4N6O. The Morgan fingerprint density at radius 2 is 1.84 bits per heavy atom. The van der Waals surface area contributed by atoms with E-state index in [1.54, 1.807) is 23.3 Å². The minimum Gasteiger partial charge on any atom is -0.356 e. The van der Waals surface area contributed by atoms with Crippen molar-refractivity contribution in [3.8, 4) is 5.82 Å². The van der Waals surface area contributed by atoms with Crippen LogP contribution >= 0.6 is 0 Å². The number of nitrogens with one attached hydrogen (secondary N) is 1. The van der Waals surface area contributed by atoms with Crippen LogP contribution in [0.4, 0.5) is 29.1 Å². The first-order valence-electron chi connectivity index (χ1n) is 9.54. The zero-order chi connectivity index (χ0) is 22.0. The molecule has 3 aromatic rings. The highest BCUT2D eigenvalue weighted by Crippen LogP contribution is 2.33. The molecule has 3 heterocycles. The molecule has 2 aromatic heterocycles. The van der Waals surface area contributed by atoms with E-state index in [2.05, 4.69) is 20.3 Å². The first-order valence-corrected chi connectivity index (χ1v) is 9.54. The number of anilines is 2. The van der Waals surface area contributed by atoms with Crippen molar-refractivity contribution in [2.24, 2.45) is 5.92 Å². The van der Waals surface area contributed by atoms with Crippen LogP contribution in [0.2, 0.25) is 0 Å². The zero-order valence-corrected chi connectivity index (χ0v) is 16.2. The van der Waals surface area contributed by atoms with Crippen LogP contribution in [-0.4, -0.2) is 38.5 Å². The van der Waals surface area contributed by atoms with Gasteiger partial charge in [-0.15, -0.1) is 0 Å². The van der Waals surface area contributed by atoms with Crippen LogP contribution in [0, 0.1) is 11.7 Å². The quantitative estimate of drug-likeness (QED) is 0.634. The summed E-state index contributed by atoms with van der Waals surface area (Å²) in [5, 5.41) is 2.47. The Labute approximate surface area is 174 Å². The fourth-order valence-corrected chi connectivity index (χ4v) is 3.48. The van der Waals surface area contributed by atoms with E-state index < -0.39 is 17.6 Å². The molecule has 7 nitrogen and oxygen atoms in total. The number of carbonyl (C=O) groups is 1. The van der Waals surface area contributed by atoms with Gasteiger partial charge in [0.2, 0.25) is 5.91 Å². The predicted octanol–water partition coefficient (Wildman–Crippen LogP) is 3.68. The lowest BCUT2D eigenvalue weighted by molar-refractivity contribution is -0.140. The van der Waals surface area contributed by atoms with E-state index in [1.807, 2.05) is 11.0 Å². The summed E-state index contributed by atoms with van der Waals surface area (Å²) in [6.45, 7) is 1.10. The lowest BCUT2D eigenvalue weighted by atomic mass is 9.95. The molecule has 1 amide bonds. The number of carbonyl (C=O) groups excluding carboxylic acids is 1. The average molecular weight is 434 g/mol. The van der Waals surface area contributed by atoms with E-state index in [0.717, 1.165) is 6.07 Å². The van der Waals surface area contributed by atoms with Gasteiger partial charge in [-0.1, -0.05) is 0 Å². The smallest absolute Gasteiger partial charge is 0.356 e. The summed E-state index contributed by atoms with van der Waals surface area (Å²) in [4.78, 5) is 27.0. The van der Waals surface area contributed by atoms with Gasteiger partial charge in [0, 0.05) is 43.2 Å². The maximum Gasteiger partial charge on any atom is 0.419 e. The molecule has 1 aliphatic rings. The Balaban J connectivity index is 1.38. The van der Waals surface area contributed by atoms with Gasteiger partial charge in [-0.05, 0) is 31.0 Å². The third-order valence-electron chi connectivity index (χ3n) is 5.14. The molecule has 0 aliphatic carbocycles. The second kappa shape index (κ2) is 8.32. The normalized spacial score (nSPS) is 15.2. The maximum atomic E-state index is 13.4. The third kappa shape index (κ3) is 4.65. The van der Waals surface area contributed by atoms with E-state index in [-0.39, 0.29) is 17.5 Å². The van der Waals surface area contributed by atoms with Gasteiger partial charge in [0.05, 0.1) is 5.56 Å². The molecule has 1 saturated heterocycles. The standard InChI is InChI=1S/C20H18F4N6O/c21-16-2-1-14(9-15(16)20(22,23)24)28-19(31)13-3-6-29(7-4-13)17-10-18(27-11-26-17)30-8-5-25-12-30/h1-2,5,8-13H,3-4,6-7H2,(H,28,31). The molecule has 1 fully saturated rings. The first kappa shape index (κ1) is 20.8. The van der Waals surface area contributed by atoms with E-state index in [1.165, 1.54) is 6.33 Å². The van der Waals surface area contributed by atoms with Crippen molar-refractivity contribution >= 4 is 17.4 Å². The topological polar surface area (TPSA) is 75.9 Å². The van der Waals surface area contributed by atoms with Gasteiger partial charge < -0.3 is 10.2 Å². The molecule has 11 heteroatoms. The van der Waals surface area contributed by atoms with Crippen LogP contribution in [0.5, 0.6) is 0 Å². The van der Waals surface area contributed by atoms with Crippen LogP contribution in [0.25, 0.3) is 5.82 Å². The number of nitrogens with zero attached hydrogens (tertiary/aromatic N) is 5. The molecule has 31 heavy (non-hydrogen) atoms. The number of hydrogen-bond acceptors (Lipinski definition) is 5. The second-order valence-electron chi connectivity index (χ2n) is 7.15. The molecule has 1 aliphatic heterocycles.